The van der Waals surface area contributed by atoms with Gasteiger partial charge in [-0.05, 0) is 55.9 Å². The van der Waals surface area contributed by atoms with Crippen LogP contribution in [0.5, 0.6) is 0 Å². The standard InChI is InChI=1S/C25H30N2O2/c1-18-7-4-10-20(15-18)21-11-5-13-23(16-21)26-24(28)22-12-6-14-27(17-22)25(29)19-8-2-3-9-19/h4-5,7,10-11,13,15-16,19,22H,2-3,6,8-9,12,14,17H2,1H3,(H,26,28)/t22-/m1/s1. The van der Waals surface area contributed by atoms with Crippen molar-refractivity contribution in [3.05, 3.63) is 54.1 Å². The quantitative estimate of drug-likeness (QED) is 0.796. The molecule has 0 spiro atoms. The molecule has 0 unspecified atom stereocenters. The lowest BCUT2D eigenvalue weighted by Crippen LogP contribution is -2.45. The van der Waals surface area contributed by atoms with Crippen molar-refractivity contribution in [3.8, 4) is 11.1 Å². The molecule has 0 bridgehead atoms. The van der Waals surface area contributed by atoms with Crippen LogP contribution in [0.4, 0.5) is 5.69 Å². The van der Waals surface area contributed by atoms with Gasteiger partial charge in [-0.1, -0.05) is 54.8 Å². The number of carbonyl (C=O) groups excluding carboxylic acids is 2. The molecule has 152 valence electrons. The molecule has 29 heavy (non-hydrogen) atoms. The summed E-state index contributed by atoms with van der Waals surface area (Å²) in [4.78, 5) is 27.6. The van der Waals surface area contributed by atoms with Gasteiger partial charge in [0.1, 0.15) is 0 Å². The molecule has 1 aliphatic carbocycles. The van der Waals surface area contributed by atoms with Gasteiger partial charge in [-0.25, -0.2) is 0 Å². The van der Waals surface area contributed by atoms with Gasteiger partial charge in [-0.2, -0.15) is 0 Å². The van der Waals surface area contributed by atoms with Gasteiger partial charge in [0, 0.05) is 24.7 Å². The van der Waals surface area contributed by atoms with Crippen molar-refractivity contribution in [2.75, 3.05) is 18.4 Å². The zero-order chi connectivity index (χ0) is 20.2. The van der Waals surface area contributed by atoms with Gasteiger partial charge in [-0.3, -0.25) is 9.59 Å². The Morgan fingerprint density at radius 1 is 0.897 bits per heavy atom. The van der Waals surface area contributed by atoms with E-state index in [9.17, 15) is 9.59 Å². The molecule has 4 heteroatoms. The maximum Gasteiger partial charge on any atom is 0.229 e. The van der Waals surface area contributed by atoms with Crippen molar-refractivity contribution in [2.45, 2.75) is 45.4 Å². The highest BCUT2D eigenvalue weighted by molar-refractivity contribution is 5.94. The van der Waals surface area contributed by atoms with Crippen molar-refractivity contribution in [3.63, 3.8) is 0 Å². The monoisotopic (exact) mass is 390 g/mol. The van der Waals surface area contributed by atoms with Crippen LogP contribution in [0.2, 0.25) is 0 Å². The Bertz CT molecular complexity index is 886. The SMILES string of the molecule is Cc1cccc(-c2cccc(NC(=O)[C@@H]3CCCN(C(=O)C4CCCC4)C3)c2)c1. The maximum absolute atomic E-state index is 12.9. The van der Waals surface area contributed by atoms with E-state index in [0.717, 1.165) is 61.9 Å². The fourth-order valence-electron chi connectivity index (χ4n) is 4.67. The molecule has 0 radical (unpaired) electrons. The van der Waals surface area contributed by atoms with Crippen molar-refractivity contribution in [1.29, 1.82) is 0 Å². The Morgan fingerprint density at radius 3 is 2.34 bits per heavy atom. The summed E-state index contributed by atoms with van der Waals surface area (Å²) in [5, 5.41) is 3.09. The number of rotatable bonds is 4. The van der Waals surface area contributed by atoms with E-state index in [1.165, 1.54) is 5.56 Å². The van der Waals surface area contributed by atoms with Crippen LogP contribution in [0.3, 0.4) is 0 Å². The molecular formula is C25H30N2O2. The van der Waals surface area contributed by atoms with E-state index in [4.69, 9.17) is 0 Å². The van der Waals surface area contributed by atoms with E-state index < -0.39 is 0 Å². The summed E-state index contributed by atoms with van der Waals surface area (Å²) in [5.41, 5.74) is 4.26. The molecule has 1 atom stereocenters. The molecule has 4 nitrogen and oxygen atoms in total. The molecule has 2 aromatic carbocycles. The number of anilines is 1. The summed E-state index contributed by atoms with van der Waals surface area (Å²) in [6.07, 6.45) is 6.09. The van der Waals surface area contributed by atoms with Crippen molar-refractivity contribution in [1.82, 2.24) is 4.90 Å². The summed E-state index contributed by atoms with van der Waals surface area (Å²) in [7, 11) is 0. The fourth-order valence-corrected chi connectivity index (χ4v) is 4.67. The van der Waals surface area contributed by atoms with Gasteiger partial charge in [0.2, 0.25) is 11.8 Å². The molecule has 1 heterocycles. The van der Waals surface area contributed by atoms with Crippen molar-refractivity contribution < 1.29 is 9.59 Å². The third-order valence-electron chi connectivity index (χ3n) is 6.29. The first-order chi connectivity index (χ1) is 14.1. The van der Waals surface area contributed by atoms with E-state index in [2.05, 4.69) is 36.5 Å². The predicted octanol–water partition coefficient (Wildman–Crippen LogP) is 5.03. The fraction of sp³-hybridized carbons (Fsp3) is 0.440. The number of likely N-dealkylation sites (tertiary alicyclic amines) is 1. The Balaban J connectivity index is 1.41. The highest BCUT2D eigenvalue weighted by Gasteiger charge is 2.32. The van der Waals surface area contributed by atoms with E-state index in [-0.39, 0.29) is 23.7 Å². The third kappa shape index (κ3) is 4.69. The second kappa shape index (κ2) is 8.81. The summed E-state index contributed by atoms with van der Waals surface area (Å²) < 4.78 is 0. The smallest absolute Gasteiger partial charge is 0.229 e. The number of benzene rings is 2. The first-order valence-electron chi connectivity index (χ1n) is 10.9. The number of nitrogens with one attached hydrogen (secondary N) is 1. The molecule has 1 aliphatic heterocycles. The van der Waals surface area contributed by atoms with Crippen LogP contribution in [0, 0.1) is 18.8 Å². The number of nitrogens with zero attached hydrogens (tertiary/aromatic N) is 1. The number of piperidine rings is 1. The highest BCUT2D eigenvalue weighted by Crippen LogP contribution is 2.29. The van der Waals surface area contributed by atoms with Crippen LogP contribution in [-0.4, -0.2) is 29.8 Å². The van der Waals surface area contributed by atoms with Crippen LogP contribution in [0.15, 0.2) is 48.5 Å². The van der Waals surface area contributed by atoms with Crippen LogP contribution < -0.4 is 5.32 Å². The van der Waals surface area contributed by atoms with Gasteiger partial charge in [0.25, 0.3) is 0 Å². The Labute approximate surface area is 173 Å². The van der Waals surface area contributed by atoms with Crippen molar-refractivity contribution >= 4 is 17.5 Å². The highest BCUT2D eigenvalue weighted by atomic mass is 16.2. The van der Waals surface area contributed by atoms with Crippen LogP contribution in [0.1, 0.15) is 44.1 Å². The molecular weight excluding hydrogens is 360 g/mol. The van der Waals surface area contributed by atoms with Crippen LogP contribution in [0.25, 0.3) is 11.1 Å². The molecule has 1 N–H and O–H groups in total. The summed E-state index contributed by atoms with van der Waals surface area (Å²) in [5.74, 6) is 0.344. The summed E-state index contributed by atoms with van der Waals surface area (Å²) >= 11 is 0. The normalized spacial score (nSPS) is 19.9. The molecule has 1 saturated heterocycles. The summed E-state index contributed by atoms with van der Waals surface area (Å²) in [6, 6.07) is 16.4. The molecule has 2 aromatic rings. The zero-order valence-electron chi connectivity index (χ0n) is 17.2. The number of hydrogen-bond acceptors (Lipinski definition) is 2. The van der Waals surface area contributed by atoms with Crippen molar-refractivity contribution in [2.24, 2.45) is 11.8 Å². The van der Waals surface area contributed by atoms with E-state index in [1.54, 1.807) is 0 Å². The second-order valence-corrected chi connectivity index (χ2v) is 8.54. The van der Waals surface area contributed by atoms with Gasteiger partial charge in [-0.15, -0.1) is 0 Å². The van der Waals surface area contributed by atoms with Gasteiger partial charge < -0.3 is 10.2 Å². The first-order valence-corrected chi connectivity index (χ1v) is 10.9. The van der Waals surface area contributed by atoms with E-state index in [1.807, 2.05) is 29.2 Å². The number of hydrogen-bond donors (Lipinski definition) is 1. The first kappa shape index (κ1) is 19.7. The maximum atomic E-state index is 12.9. The predicted molar refractivity (Wildman–Crippen MR) is 117 cm³/mol. The van der Waals surface area contributed by atoms with Gasteiger partial charge in [0.15, 0.2) is 0 Å². The molecule has 4 rings (SSSR count). The van der Waals surface area contributed by atoms with E-state index in [0.29, 0.717) is 6.54 Å². The summed E-state index contributed by atoms with van der Waals surface area (Å²) in [6.45, 7) is 3.43. The molecule has 2 fully saturated rings. The molecule has 1 saturated carbocycles. The van der Waals surface area contributed by atoms with Gasteiger partial charge in [0.05, 0.1) is 5.92 Å². The Hall–Kier alpha value is -2.62. The van der Waals surface area contributed by atoms with Crippen LogP contribution in [-0.2, 0) is 9.59 Å². The minimum absolute atomic E-state index is 0.0234. The largest absolute Gasteiger partial charge is 0.342 e. The lowest BCUT2D eigenvalue weighted by atomic mass is 9.95. The Kier molecular flexibility index (Phi) is 5.98. The Morgan fingerprint density at radius 2 is 1.59 bits per heavy atom. The minimum Gasteiger partial charge on any atom is -0.342 e. The average molecular weight is 391 g/mol. The number of aryl methyl sites for hydroxylation is 1. The average Bonchev–Trinajstić information content (AvgIpc) is 3.28. The molecule has 2 aliphatic rings. The minimum atomic E-state index is -0.128. The van der Waals surface area contributed by atoms with E-state index >= 15 is 0 Å². The van der Waals surface area contributed by atoms with Crippen LogP contribution >= 0.6 is 0 Å². The second-order valence-electron chi connectivity index (χ2n) is 8.54. The topological polar surface area (TPSA) is 49.4 Å². The zero-order valence-corrected chi connectivity index (χ0v) is 17.2. The lowest BCUT2D eigenvalue weighted by Gasteiger charge is -2.33. The number of amides is 2. The molecule has 2 amide bonds. The lowest BCUT2D eigenvalue weighted by molar-refractivity contribution is -0.138. The number of carbonyl (C=O) groups is 2. The third-order valence-corrected chi connectivity index (χ3v) is 6.29. The van der Waals surface area contributed by atoms with Gasteiger partial charge >= 0.3 is 0 Å². The molecule has 0 aromatic heterocycles.